The van der Waals surface area contributed by atoms with E-state index in [1.165, 1.54) is 4.90 Å². The van der Waals surface area contributed by atoms with Crippen molar-refractivity contribution in [2.24, 2.45) is 17.8 Å². The van der Waals surface area contributed by atoms with Gasteiger partial charge < -0.3 is 19.5 Å². The summed E-state index contributed by atoms with van der Waals surface area (Å²) in [6, 6.07) is 24.0. The number of hydrogen-bond acceptors (Lipinski definition) is 6. The first-order valence-electron chi connectivity index (χ1n) is 15.7. The van der Waals surface area contributed by atoms with Gasteiger partial charge in [0.25, 0.3) is 0 Å². The van der Waals surface area contributed by atoms with E-state index in [0.29, 0.717) is 24.9 Å². The molecule has 6 rings (SSSR count). The van der Waals surface area contributed by atoms with E-state index in [9.17, 15) is 19.7 Å². The summed E-state index contributed by atoms with van der Waals surface area (Å²) < 4.78 is 13.3. The zero-order valence-electron chi connectivity index (χ0n) is 25.3. The monoisotopic (exact) mass is 669 g/mol. The van der Waals surface area contributed by atoms with Crippen LogP contribution >= 0.6 is 15.9 Å². The van der Waals surface area contributed by atoms with Crippen LogP contribution in [-0.4, -0.2) is 41.8 Å². The maximum Gasteiger partial charge on any atom is 0.455 e. The van der Waals surface area contributed by atoms with Crippen molar-refractivity contribution in [1.29, 1.82) is 0 Å². The van der Waals surface area contributed by atoms with Crippen LogP contribution in [0.5, 0.6) is 11.5 Å². The Balaban J connectivity index is 1.33. The topological polar surface area (TPSA) is 96.3 Å². The van der Waals surface area contributed by atoms with Crippen LogP contribution in [0.1, 0.15) is 44.6 Å². The third kappa shape index (κ3) is 6.66. The number of aromatic hydroxyl groups is 1. The number of phenolic OH excluding ortho intramolecular Hbond substituents is 1. The van der Waals surface area contributed by atoms with Gasteiger partial charge in [-0.1, -0.05) is 77.3 Å². The van der Waals surface area contributed by atoms with E-state index in [1.807, 2.05) is 60.7 Å². The molecule has 2 amide bonds. The minimum absolute atomic E-state index is 0.202. The first-order chi connectivity index (χ1) is 21.8. The number of carbonyl (C=O) groups excluding carboxylic acids is 2. The van der Waals surface area contributed by atoms with E-state index < -0.39 is 25.1 Å². The lowest BCUT2D eigenvalue weighted by atomic mass is 9.58. The number of benzene rings is 3. The summed E-state index contributed by atoms with van der Waals surface area (Å²) in [7, 11) is -1.06. The van der Waals surface area contributed by atoms with Crippen molar-refractivity contribution in [3.63, 3.8) is 0 Å². The number of amides is 2. The summed E-state index contributed by atoms with van der Waals surface area (Å²) in [6.45, 7) is 2.39. The van der Waals surface area contributed by atoms with Gasteiger partial charge in [0.15, 0.2) is 0 Å². The molecule has 0 saturated carbocycles. The molecule has 2 heterocycles. The molecule has 0 spiro atoms. The number of para-hydroxylation sites is 2. The third-order valence-electron chi connectivity index (χ3n) is 9.13. The van der Waals surface area contributed by atoms with Crippen LogP contribution < -0.4 is 9.64 Å². The smallest absolute Gasteiger partial charge is 0.455 e. The number of fused-ring (bicyclic) bond motifs is 3. The molecule has 2 fully saturated rings. The van der Waals surface area contributed by atoms with Crippen molar-refractivity contribution < 1.29 is 29.1 Å². The highest BCUT2D eigenvalue weighted by atomic mass is 79.9. The van der Waals surface area contributed by atoms with E-state index >= 15 is 0 Å². The lowest BCUT2D eigenvalue weighted by Gasteiger charge is -2.43. The van der Waals surface area contributed by atoms with E-state index in [-0.39, 0.29) is 36.4 Å². The number of allylic oxidation sites excluding steroid dienone is 1. The largest absolute Gasteiger partial charge is 0.507 e. The van der Waals surface area contributed by atoms with Crippen molar-refractivity contribution in [2.45, 2.75) is 51.5 Å². The molecule has 1 aliphatic carbocycles. The SMILES string of the molecule is CCC/C(=C\c1cc(Br)ccc1O)CC[C@H]1OB(O)C[C@H]2C1=C(COc1ccccc1)C[C@H]1C(=O)N(c3ccccc3)C(=O)[C@H]12. The van der Waals surface area contributed by atoms with Crippen molar-refractivity contribution in [2.75, 3.05) is 11.5 Å². The predicted octanol–water partition coefficient (Wildman–Crippen LogP) is 7.20. The number of carbonyl (C=O) groups is 2. The van der Waals surface area contributed by atoms with Gasteiger partial charge in [0, 0.05) is 10.0 Å². The normalized spacial score (nSPS) is 23.3. The maximum atomic E-state index is 14.0. The Bertz CT molecular complexity index is 1610. The fourth-order valence-electron chi connectivity index (χ4n) is 7.18. The van der Waals surface area contributed by atoms with Gasteiger partial charge in [-0.3, -0.25) is 14.5 Å². The summed E-state index contributed by atoms with van der Waals surface area (Å²) in [5.41, 5.74) is 4.41. The molecule has 4 atom stereocenters. The van der Waals surface area contributed by atoms with E-state index in [1.54, 1.807) is 24.3 Å². The molecule has 3 aliphatic rings. The summed E-state index contributed by atoms with van der Waals surface area (Å²) >= 11 is 3.50. The van der Waals surface area contributed by atoms with E-state index in [4.69, 9.17) is 9.39 Å². The summed E-state index contributed by atoms with van der Waals surface area (Å²) in [5.74, 6) is -0.923. The molecule has 0 radical (unpaired) electrons. The third-order valence-corrected chi connectivity index (χ3v) is 9.62. The number of imide groups is 1. The van der Waals surface area contributed by atoms with Crippen LogP contribution in [0, 0.1) is 17.8 Å². The van der Waals surface area contributed by atoms with Gasteiger partial charge in [0.1, 0.15) is 18.1 Å². The molecule has 0 unspecified atom stereocenters. The van der Waals surface area contributed by atoms with Crippen LogP contribution in [0.25, 0.3) is 6.08 Å². The van der Waals surface area contributed by atoms with E-state index in [2.05, 4.69) is 22.9 Å². The highest BCUT2D eigenvalue weighted by molar-refractivity contribution is 9.10. The fraction of sp³-hybridized carbons (Fsp3) is 0.333. The molecule has 7 nitrogen and oxygen atoms in total. The Kier molecular flexibility index (Phi) is 9.59. The fourth-order valence-corrected chi connectivity index (χ4v) is 7.56. The molecule has 3 aromatic rings. The van der Waals surface area contributed by atoms with Gasteiger partial charge in [-0.15, -0.1) is 0 Å². The van der Waals surface area contributed by atoms with Crippen LogP contribution in [0.4, 0.5) is 5.69 Å². The minimum atomic E-state index is -1.06. The Morgan fingerprint density at radius 1 is 1.02 bits per heavy atom. The Morgan fingerprint density at radius 3 is 2.49 bits per heavy atom. The highest BCUT2D eigenvalue weighted by Crippen LogP contribution is 2.51. The average Bonchev–Trinajstić information content (AvgIpc) is 3.30. The van der Waals surface area contributed by atoms with Gasteiger partial charge >= 0.3 is 7.12 Å². The Labute approximate surface area is 272 Å². The Hall–Kier alpha value is -3.66. The van der Waals surface area contributed by atoms with Gasteiger partial charge in [-0.05, 0) is 91.5 Å². The van der Waals surface area contributed by atoms with Crippen molar-refractivity contribution in [3.05, 3.63) is 106 Å². The first kappa shape index (κ1) is 31.3. The van der Waals surface area contributed by atoms with Gasteiger partial charge in [0.2, 0.25) is 11.8 Å². The number of rotatable bonds is 10. The minimum Gasteiger partial charge on any atom is -0.507 e. The molecule has 0 aromatic heterocycles. The number of anilines is 1. The molecule has 0 bridgehead atoms. The summed E-state index contributed by atoms with van der Waals surface area (Å²) in [5, 5.41) is 21.5. The van der Waals surface area contributed by atoms with Gasteiger partial charge in [-0.25, -0.2) is 0 Å². The van der Waals surface area contributed by atoms with Crippen molar-refractivity contribution >= 4 is 46.6 Å². The van der Waals surface area contributed by atoms with Crippen LogP contribution in [0.2, 0.25) is 6.32 Å². The summed E-state index contributed by atoms with van der Waals surface area (Å²) in [4.78, 5) is 29.2. The second-order valence-corrected chi connectivity index (χ2v) is 13.0. The molecular formula is C36H37BBrNO6. The average molecular weight is 670 g/mol. The maximum absolute atomic E-state index is 14.0. The molecule has 232 valence electrons. The number of nitrogens with zero attached hydrogens (tertiary/aromatic N) is 1. The number of phenols is 1. The molecular weight excluding hydrogens is 633 g/mol. The molecule has 2 N–H and O–H groups in total. The second-order valence-electron chi connectivity index (χ2n) is 12.1. The standard InChI is InChI=1S/C36H37BBrNO6/c1-2-9-23(18-24-19-26(38)15-16-31(24)40)14-17-32-33-25(22-44-28-12-7-4-8-13-28)20-29-34(30(33)21-37(43)45-32)36(42)39(35(29)41)27-10-5-3-6-11-27/h3-8,10-13,15-16,18-19,29-30,32,34,40,43H,2,9,14,17,20-22H2,1H3/b23-18+/t29-,30+,32-,34-/m1/s1. The lowest BCUT2D eigenvalue weighted by molar-refractivity contribution is -0.122. The number of halogens is 1. The lowest BCUT2D eigenvalue weighted by Crippen LogP contribution is -2.46. The molecule has 3 aromatic carbocycles. The van der Waals surface area contributed by atoms with Gasteiger partial charge in [0.05, 0.1) is 23.6 Å². The van der Waals surface area contributed by atoms with E-state index in [0.717, 1.165) is 45.3 Å². The summed E-state index contributed by atoms with van der Waals surface area (Å²) in [6.07, 6.45) is 5.27. The predicted molar refractivity (Wildman–Crippen MR) is 179 cm³/mol. The number of hydrogen-bond donors (Lipinski definition) is 2. The van der Waals surface area contributed by atoms with Gasteiger partial charge in [-0.2, -0.15) is 0 Å². The quantitative estimate of drug-likeness (QED) is 0.135. The van der Waals surface area contributed by atoms with Crippen molar-refractivity contribution in [3.8, 4) is 11.5 Å². The van der Waals surface area contributed by atoms with Crippen LogP contribution in [0.15, 0.2) is 100 Å². The molecule has 2 aliphatic heterocycles. The van der Waals surface area contributed by atoms with Crippen LogP contribution in [-0.2, 0) is 14.2 Å². The zero-order valence-corrected chi connectivity index (χ0v) is 26.9. The zero-order chi connectivity index (χ0) is 31.5. The molecule has 9 heteroatoms. The number of ether oxygens (including phenoxy) is 1. The molecule has 45 heavy (non-hydrogen) atoms. The molecule has 2 saturated heterocycles. The second kappa shape index (κ2) is 13.8. The highest BCUT2D eigenvalue weighted by Gasteiger charge is 2.57. The Morgan fingerprint density at radius 2 is 1.76 bits per heavy atom. The first-order valence-corrected chi connectivity index (χ1v) is 16.5. The van der Waals surface area contributed by atoms with Crippen LogP contribution in [0.3, 0.4) is 0 Å². The van der Waals surface area contributed by atoms with Crippen molar-refractivity contribution in [1.82, 2.24) is 0 Å².